The first-order valence-corrected chi connectivity index (χ1v) is 13.4. The number of rotatable bonds is 9. The van der Waals surface area contributed by atoms with Crippen LogP contribution in [0.15, 0.2) is 85.1 Å². The molecule has 0 aliphatic carbocycles. The van der Waals surface area contributed by atoms with Crippen molar-refractivity contribution in [3.8, 4) is 5.75 Å². The number of aromatic nitrogens is 4. The van der Waals surface area contributed by atoms with E-state index in [4.69, 9.17) is 9.47 Å². The summed E-state index contributed by atoms with van der Waals surface area (Å²) in [6.45, 7) is 6.07. The summed E-state index contributed by atoms with van der Waals surface area (Å²) in [4.78, 5) is 16.4. The van der Waals surface area contributed by atoms with Crippen LogP contribution in [0.5, 0.6) is 5.75 Å². The summed E-state index contributed by atoms with van der Waals surface area (Å²) >= 11 is 0. The molecule has 5 aromatic rings. The number of fused-ring (bicyclic) bond motifs is 1. The third-order valence-electron chi connectivity index (χ3n) is 6.64. The van der Waals surface area contributed by atoms with Crippen LogP contribution < -0.4 is 10.1 Å². The van der Waals surface area contributed by atoms with Crippen LogP contribution in [-0.4, -0.2) is 38.6 Å². The molecule has 0 bridgehead atoms. The molecule has 0 spiro atoms. The van der Waals surface area contributed by atoms with Gasteiger partial charge in [0.15, 0.2) is 5.82 Å². The molecule has 0 saturated carbocycles. The maximum Gasteiger partial charge on any atom is 0.408 e. The molecule has 2 N–H and O–H groups in total. The first kappa shape index (κ1) is 27.0. The summed E-state index contributed by atoms with van der Waals surface area (Å²) in [5.41, 5.74) is 3.63. The predicted octanol–water partition coefficient (Wildman–Crippen LogP) is 6.22. The van der Waals surface area contributed by atoms with Crippen LogP contribution in [0.4, 0.5) is 4.79 Å². The Balaban J connectivity index is 1.56. The minimum Gasteiger partial charge on any atom is -0.497 e. The monoisotopic (exact) mass is 537 g/mol. The van der Waals surface area contributed by atoms with Gasteiger partial charge in [0.1, 0.15) is 17.2 Å². The molecule has 8 heteroatoms. The van der Waals surface area contributed by atoms with Crippen LogP contribution in [0.25, 0.3) is 10.9 Å². The van der Waals surface area contributed by atoms with E-state index in [0.29, 0.717) is 25.2 Å². The number of hydrogen-bond donors (Lipinski definition) is 2. The number of carbonyl (C=O) groups is 1. The number of nitrogens with zero attached hydrogens (tertiary/aromatic N) is 3. The molecule has 8 nitrogen and oxygen atoms in total. The molecule has 5 rings (SSSR count). The summed E-state index contributed by atoms with van der Waals surface area (Å²) in [7, 11) is 1.66. The van der Waals surface area contributed by atoms with E-state index in [2.05, 4.69) is 49.3 Å². The van der Waals surface area contributed by atoms with Crippen LogP contribution in [0, 0.1) is 0 Å². The fourth-order valence-corrected chi connectivity index (χ4v) is 4.82. The second-order valence-electron chi connectivity index (χ2n) is 10.8. The first-order valence-electron chi connectivity index (χ1n) is 13.4. The highest BCUT2D eigenvalue weighted by molar-refractivity contribution is 5.83. The van der Waals surface area contributed by atoms with Crippen molar-refractivity contribution in [3.05, 3.63) is 113 Å². The zero-order valence-corrected chi connectivity index (χ0v) is 23.3. The highest BCUT2D eigenvalue weighted by Gasteiger charge is 2.27. The van der Waals surface area contributed by atoms with Gasteiger partial charge in [-0.3, -0.25) is 0 Å². The molecule has 0 aliphatic heterocycles. The Morgan fingerprint density at radius 1 is 0.975 bits per heavy atom. The number of amides is 1. The van der Waals surface area contributed by atoms with Gasteiger partial charge in [0.25, 0.3) is 0 Å². The Labute approximate surface area is 234 Å². The van der Waals surface area contributed by atoms with E-state index in [1.54, 1.807) is 7.11 Å². The van der Waals surface area contributed by atoms with Gasteiger partial charge in [0.05, 0.1) is 19.7 Å². The molecule has 40 heavy (non-hydrogen) atoms. The molecular weight excluding hydrogens is 502 g/mol. The van der Waals surface area contributed by atoms with Gasteiger partial charge in [0.2, 0.25) is 0 Å². The van der Waals surface area contributed by atoms with E-state index in [-0.39, 0.29) is 0 Å². The Morgan fingerprint density at radius 2 is 1.73 bits per heavy atom. The third kappa shape index (κ3) is 6.51. The average molecular weight is 538 g/mol. The maximum atomic E-state index is 13.1. The molecule has 1 amide bonds. The molecule has 0 radical (unpaired) electrons. The summed E-state index contributed by atoms with van der Waals surface area (Å²) in [5, 5.41) is 13.5. The lowest BCUT2D eigenvalue weighted by molar-refractivity contribution is 0.0500. The summed E-state index contributed by atoms with van der Waals surface area (Å²) in [6, 6.07) is 25.8. The van der Waals surface area contributed by atoms with Crippen molar-refractivity contribution in [1.29, 1.82) is 0 Å². The SMILES string of the molecule is COc1cccc(Cn2c(Cc3ccccc3)nnc2[C@@H](Cc2c[nH]c3ccccc23)NC(=O)OC(C)(C)C)c1. The van der Waals surface area contributed by atoms with Crippen molar-refractivity contribution in [1.82, 2.24) is 25.1 Å². The van der Waals surface area contributed by atoms with Crippen molar-refractivity contribution in [2.45, 2.75) is 51.8 Å². The molecule has 0 unspecified atom stereocenters. The highest BCUT2D eigenvalue weighted by atomic mass is 16.6. The Bertz CT molecular complexity index is 1580. The van der Waals surface area contributed by atoms with Gasteiger partial charge >= 0.3 is 6.09 Å². The van der Waals surface area contributed by atoms with E-state index in [1.807, 2.05) is 81.6 Å². The lowest BCUT2D eigenvalue weighted by Crippen LogP contribution is -2.37. The third-order valence-corrected chi connectivity index (χ3v) is 6.64. The molecule has 206 valence electrons. The Kier molecular flexibility index (Phi) is 7.86. The number of alkyl carbamates (subject to hydrolysis) is 1. The molecule has 3 aromatic carbocycles. The largest absolute Gasteiger partial charge is 0.497 e. The minimum absolute atomic E-state index is 0.489. The van der Waals surface area contributed by atoms with E-state index in [0.717, 1.165) is 39.2 Å². The highest BCUT2D eigenvalue weighted by Crippen LogP contribution is 2.26. The van der Waals surface area contributed by atoms with Gasteiger partial charge in [-0.15, -0.1) is 10.2 Å². The lowest BCUT2D eigenvalue weighted by atomic mass is 10.0. The van der Waals surface area contributed by atoms with Gasteiger partial charge in [-0.25, -0.2) is 4.79 Å². The Hall–Kier alpha value is -4.59. The second-order valence-corrected chi connectivity index (χ2v) is 10.8. The van der Waals surface area contributed by atoms with Crippen molar-refractivity contribution in [2.75, 3.05) is 7.11 Å². The standard InChI is InChI=1S/C32H35N5O3/c1-32(2,3)40-31(38)34-28(19-24-20-33-27-16-9-8-15-26(24)27)30-36-35-29(18-22-11-6-5-7-12-22)37(30)21-23-13-10-14-25(17-23)39-4/h5-17,20,28,33H,18-19,21H2,1-4H3,(H,34,38)/t28-/m1/s1. The van der Waals surface area contributed by atoms with Gasteiger partial charge in [-0.1, -0.05) is 60.7 Å². The number of nitrogens with one attached hydrogen (secondary N) is 2. The fraction of sp³-hybridized carbons (Fsp3) is 0.281. The van der Waals surface area contributed by atoms with Crippen LogP contribution in [0.3, 0.4) is 0 Å². The maximum absolute atomic E-state index is 13.1. The molecule has 1 atom stereocenters. The Morgan fingerprint density at radius 3 is 2.50 bits per heavy atom. The number of aromatic amines is 1. The molecular formula is C32H35N5O3. The number of ether oxygens (including phenoxy) is 2. The quantitative estimate of drug-likeness (QED) is 0.233. The average Bonchev–Trinajstić information content (AvgIpc) is 3.52. The van der Waals surface area contributed by atoms with Crippen LogP contribution in [-0.2, 0) is 24.1 Å². The number of H-pyrrole nitrogens is 1. The second kappa shape index (κ2) is 11.7. The topological polar surface area (TPSA) is 94.1 Å². The van der Waals surface area contributed by atoms with Crippen molar-refractivity contribution < 1.29 is 14.3 Å². The molecule has 2 heterocycles. The fourth-order valence-electron chi connectivity index (χ4n) is 4.82. The van der Waals surface area contributed by atoms with Crippen LogP contribution in [0.1, 0.15) is 55.2 Å². The number of hydrogen-bond acceptors (Lipinski definition) is 5. The normalized spacial score (nSPS) is 12.3. The van der Waals surface area contributed by atoms with Crippen molar-refractivity contribution >= 4 is 17.0 Å². The minimum atomic E-state index is -0.637. The summed E-state index contributed by atoms with van der Waals surface area (Å²) in [5.74, 6) is 2.24. The van der Waals surface area contributed by atoms with E-state index >= 15 is 0 Å². The van der Waals surface area contributed by atoms with Crippen LogP contribution >= 0.6 is 0 Å². The van der Waals surface area contributed by atoms with Gasteiger partial charge in [0, 0.05) is 29.9 Å². The number of para-hydroxylation sites is 1. The molecule has 0 fully saturated rings. The van der Waals surface area contributed by atoms with Gasteiger partial charge < -0.3 is 24.3 Å². The smallest absolute Gasteiger partial charge is 0.408 e. The van der Waals surface area contributed by atoms with E-state index < -0.39 is 17.7 Å². The number of methoxy groups -OCH3 is 1. The zero-order valence-electron chi connectivity index (χ0n) is 23.3. The molecule has 0 saturated heterocycles. The van der Waals surface area contributed by atoms with Crippen molar-refractivity contribution in [2.24, 2.45) is 0 Å². The van der Waals surface area contributed by atoms with E-state index in [1.165, 1.54) is 0 Å². The van der Waals surface area contributed by atoms with Gasteiger partial charge in [-0.2, -0.15) is 0 Å². The molecule has 2 aromatic heterocycles. The number of carbonyl (C=O) groups excluding carboxylic acids is 1. The van der Waals surface area contributed by atoms with E-state index in [9.17, 15) is 4.79 Å². The number of benzene rings is 3. The van der Waals surface area contributed by atoms with Crippen molar-refractivity contribution in [3.63, 3.8) is 0 Å². The molecule has 0 aliphatic rings. The predicted molar refractivity (Wildman–Crippen MR) is 155 cm³/mol. The lowest BCUT2D eigenvalue weighted by Gasteiger charge is -2.24. The zero-order chi connectivity index (χ0) is 28.1. The van der Waals surface area contributed by atoms with Crippen LogP contribution in [0.2, 0.25) is 0 Å². The summed E-state index contributed by atoms with van der Waals surface area (Å²) in [6.07, 6.45) is 2.59. The summed E-state index contributed by atoms with van der Waals surface area (Å²) < 4.78 is 13.2. The van der Waals surface area contributed by atoms with Gasteiger partial charge in [-0.05, 0) is 55.7 Å². The first-order chi connectivity index (χ1) is 19.3.